The number of hydrogen-bond acceptors (Lipinski definition) is 5. The highest BCUT2D eigenvalue weighted by Gasteiger charge is 2.10. The van der Waals surface area contributed by atoms with E-state index in [1.54, 1.807) is 20.4 Å². The molecular weight excluding hydrogens is 242 g/mol. The summed E-state index contributed by atoms with van der Waals surface area (Å²) in [7, 11) is 3.38. The molecule has 1 aromatic heterocycles. The fourth-order valence-electron chi connectivity index (χ4n) is 1.61. The lowest BCUT2D eigenvalue weighted by Gasteiger charge is -2.12. The minimum Gasteiger partial charge on any atom is -0.493 e. The molecule has 0 atom stereocenters. The van der Waals surface area contributed by atoms with Crippen LogP contribution in [0.2, 0.25) is 0 Å². The number of aryl methyl sites for hydroxylation is 2. The predicted molar refractivity (Wildman–Crippen MR) is 74.1 cm³/mol. The largest absolute Gasteiger partial charge is 0.493 e. The number of benzene rings is 1. The summed E-state index contributed by atoms with van der Waals surface area (Å²) in [4.78, 5) is 8.41. The maximum atomic E-state index is 5.81. The van der Waals surface area contributed by atoms with Crippen molar-refractivity contribution in [2.45, 2.75) is 13.8 Å². The van der Waals surface area contributed by atoms with E-state index in [1.807, 2.05) is 32.0 Å². The van der Waals surface area contributed by atoms with Gasteiger partial charge in [-0.25, -0.2) is 4.98 Å². The lowest BCUT2D eigenvalue weighted by molar-refractivity contribution is 0.372. The van der Waals surface area contributed by atoms with Crippen LogP contribution >= 0.6 is 0 Å². The minimum atomic E-state index is 0.515. The molecule has 0 spiro atoms. The average Bonchev–Trinajstić information content (AvgIpc) is 2.43. The van der Waals surface area contributed by atoms with E-state index in [1.165, 1.54) is 0 Å². The van der Waals surface area contributed by atoms with E-state index in [4.69, 9.17) is 9.47 Å². The molecule has 0 bridgehead atoms. The van der Waals surface area contributed by atoms with E-state index >= 15 is 0 Å². The number of aromatic nitrogens is 2. The number of hydrogen-bond donors (Lipinski definition) is 1. The summed E-state index contributed by atoms with van der Waals surface area (Å²) < 4.78 is 11.1. The van der Waals surface area contributed by atoms with Crippen LogP contribution in [0.1, 0.15) is 11.1 Å². The van der Waals surface area contributed by atoms with Crippen LogP contribution in [0.3, 0.4) is 0 Å². The van der Waals surface area contributed by atoms with Gasteiger partial charge in [0.1, 0.15) is 0 Å². The number of anilines is 1. The van der Waals surface area contributed by atoms with Crippen molar-refractivity contribution in [2.75, 3.05) is 19.5 Å². The van der Waals surface area contributed by atoms with Gasteiger partial charge in [0.15, 0.2) is 11.5 Å². The molecule has 100 valence electrons. The molecule has 0 amide bonds. The van der Waals surface area contributed by atoms with E-state index in [0.717, 1.165) is 11.1 Å². The Labute approximate surface area is 112 Å². The summed E-state index contributed by atoms with van der Waals surface area (Å²) in [5, 5.41) is 2.88. The molecule has 5 nitrogen and oxygen atoms in total. The first kappa shape index (κ1) is 13.1. The molecule has 0 radical (unpaired) electrons. The Morgan fingerprint density at radius 2 is 1.95 bits per heavy atom. The van der Waals surface area contributed by atoms with Crippen molar-refractivity contribution in [3.63, 3.8) is 0 Å². The minimum absolute atomic E-state index is 0.515. The van der Waals surface area contributed by atoms with Crippen LogP contribution in [-0.2, 0) is 0 Å². The van der Waals surface area contributed by atoms with Crippen LogP contribution in [0.25, 0.3) is 0 Å². The number of methoxy groups -OCH3 is 1. The SMILES string of the molecule is CNc1ncc(C)c(Oc2ccc(C)cc2OC)n1. The molecule has 19 heavy (non-hydrogen) atoms. The second-order valence-electron chi connectivity index (χ2n) is 4.19. The van der Waals surface area contributed by atoms with Crippen LogP contribution in [0.15, 0.2) is 24.4 Å². The van der Waals surface area contributed by atoms with Gasteiger partial charge in [0.2, 0.25) is 11.8 Å². The molecule has 0 aliphatic heterocycles. The number of nitrogens with zero attached hydrogens (tertiary/aromatic N) is 2. The van der Waals surface area contributed by atoms with Gasteiger partial charge in [-0.3, -0.25) is 0 Å². The predicted octanol–water partition coefficient (Wildman–Crippen LogP) is 2.94. The van der Waals surface area contributed by atoms with Gasteiger partial charge in [0, 0.05) is 18.8 Å². The first-order valence-electron chi connectivity index (χ1n) is 5.98. The standard InChI is InChI=1S/C14H17N3O2/c1-9-5-6-11(12(7-9)18-4)19-13-10(2)8-16-14(15-3)17-13/h5-8H,1-4H3,(H,15,16,17). The number of nitrogens with one attached hydrogen (secondary N) is 1. The second kappa shape index (κ2) is 5.56. The normalized spacial score (nSPS) is 10.1. The summed E-state index contributed by atoms with van der Waals surface area (Å²) in [6, 6.07) is 5.76. The monoisotopic (exact) mass is 259 g/mol. The van der Waals surface area contributed by atoms with Crippen LogP contribution in [0.4, 0.5) is 5.95 Å². The van der Waals surface area contributed by atoms with Gasteiger partial charge in [0.05, 0.1) is 7.11 Å². The second-order valence-corrected chi connectivity index (χ2v) is 4.19. The van der Waals surface area contributed by atoms with Gasteiger partial charge >= 0.3 is 0 Å². The summed E-state index contributed by atoms with van der Waals surface area (Å²) in [6.45, 7) is 3.90. The van der Waals surface area contributed by atoms with Crippen LogP contribution < -0.4 is 14.8 Å². The number of ether oxygens (including phenoxy) is 2. The highest BCUT2D eigenvalue weighted by molar-refractivity contribution is 5.45. The van der Waals surface area contributed by atoms with Crippen molar-refractivity contribution in [3.05, 3.63) is 35.5 Å². The van der Waals surface area contributed by atoms with E-state index in [0.29, 0.717) is 23.3 Å². The Bertz CT molecular complexity index is 585. The van der Waals surface area contributed by atoms with Gasteiger partial charge in [0.25, 0.3) is 0 Å². The molecule has 0 unspecified atom stereocenters. The molecule has 5 heteroatoms. The smallest absolute Gasteiger partial charge is 0.227 e. The fourth-order valence-corrected chi connectivity index (χ4v) is 1.61. The summed E-state index contributed by atoms with van der Waals surface area (Å²) in [6.07, 6.45) is 1.72. The Hall–Kier alpha value is -2.30. The summed E-state index contributed by atoms with van der Waals surface area (Å²) in [5.41, 5.74) is 1.97. The Kier molecular flexibility index (Phi) is 3.85. The van der Waals surface area contributed by atoms with Gasteiger partial charge in [-0.2, -0.15) is 4.98 Å². The van der Waals surface area contributed by atoms with Gasteiger partial charge in [-0.15, -0.1) is 0 Å². The van der Waals surface area contributed by atoms with Gasteiger partial charge in [-0.1, -0.05) is 6.07 Å². The highest BCUT2D eigenvalue weighted by atomic mass is 16.5. The first-order valence-corrected chi connectivity index (χ1v) is 5.98. The lowest BCUT2D eigenvalue weighted by atomic mass is 10.2. The zero-order valence-corrected chi connectivity index (χ0v) is 11.5. The van der Waals surface area contributed by atoms with Crippen LogP contribution in [-0.4, -0.2) is 24.1 Å². The topological polar surface area (TPSA) is 56.3 Å². The lowest BCUT2D eigenvalue weighted by Crippen LogP contribution is -2.00. The zero-order chi connectivity index (χ0) is 13.8. The van der Waals surface area contributed by atoms with E-state index in [2.05, 4.69) is 15.3 Å². The third-order valence-corrected chi connectivity index (χ3v) is 2.67. The third kappa shape index (κ3) is 2.93. The molecule has 1 N–H and O–H groups in total. The molecule has 0 saturated heterocycles. The summed E-state index contributed by atoms with van der Waals surface area (Å²) >= 11 is 0. The average molecular weight is 259 g/mol. The van der Waals surface area contributed by atoms with Gasteiger partial charge in [-0.05, 0) is 31.5 Å². The Morgan fingerprint density at radius 3 is 2.63 bits per heavy atom. The van der Waals surface area contributed by atoms with Crippen LogP contribution in [0, 0.1) is 13.8 Å². The number of rotatable bonds is 4. The van der Waals surface area contributed by atoms with E-state index in [-0.39, 0.29) is 0 Å². The maximum absolute atomic E-state index is 5.81. The van der Waals surface area contributed by atoms with Crippen LogP contribution in [0.5, 0.6) is 17.4 Å². The van der Waals surface area contributed by atoms with E-state index in [9.17, 15) is 0 Å². The molecule has 2 aromatic rings. The molecule has 0 aliphatic carbocycles. The molecule has 1 heterocycles. The molecular formula is C14H17N3O2. The van der Waals surface area contributed by atoms with Crippen molar-refractivity contribution in [2.24, 2.45) is 0 Å². The van der Waals surface area contributed by atoms with Crippen molar-refractivity contribution < 1.29 is 9.47 Å². The molecule has 0 fully saturated rings. The highest BCUT2D eigenvalue weighted by Crippen LogP contribution is 2.32. The Balaban J connectivity index is 2.35. The molecule has 1 aromatic carbocycles. The zero-order valence-electron chi connectivity index (χ0n) is 11.5. The fraction of sp³-hybridized carbons (Fsp3) is 0.286. The molecule has 0 saturated carbocycles. The maximum Gasteiger partial charge on any atom is 0.227 e. The quantitative estimate of drug-likeness (QED) is 0.914. The van der Waals surface area contributed by atoms with Gasteiger partial charge < -0.3 is 14.8 Å². The van der Waals surface area contributed by atoms with Crippen molar-refractivity contribution in [1.82, 2.24) is 9.97 Å². The summed E-state index contributed by atoms with van der Waals surface area (Å²) in [5.74, 6) is 2.36. The first-order chi connectivity index (χ1) is 9.13. The Morgan fingerprint density at radius 1 is 1.16 bits per heavy atom. The third-order valence-electron chi connectivity index (χ3n) is 2.67. The molecule has 0 aliphatic rings. The van der Waals surface area contributed by atoms with E-state index < -0.39 is 0 Å². The van der Waals surface area contributed by atoms with Crippen molar-refractivity contribution in [3.8, 4) is 17.4 Å². The molecule has 2 rings (SSSR count). The van der Waals surface area contributed by atoms with Crippen molar-refractivity contribution in [1.29, 1.82) is 0 Å². The van der Waals surface area contributed by atoms with Crippen molar-refractivity contribution >= 4 is 5.95 Å².